The van der Waals surface area contributed by atoms with Gasteiger partial charge in [-0.3, -0.25) is 9.89 Å². The fourth-order valence-electron chi connectivity index (χ4n) is 2.39. The molecule has 2 N–H and O–H groups in total. The fraction of sp³-hybridized carbons (Fsp3) is 0.235. The predicted octanol–water partition coefficient (Wildman–Crippen LogP) is 3.03. The van der Waals surface area contributed by atoms with Gasteiger partial charge in [0.25, 0.3) is 5.91 Å². The van der Waals surface area contributed by atoms with Crippen molar-refractivity contribution < 1.29 is 4.79 Å². The Kier molecular flexibility index (Phi) is 5.10. The third kappa shape index (κ3) is 3.91. The molecular formula is C17H18BrN5O. The van der Waals surface area contributed by atoms with Gasteiger partial charge in [0.15, 0.2) is 0 Å². The number of nitrogens with zero attached hydrogens (tertiary/aromatic N) is 3. The molecule has 0 spiro atoms. The maximum atomic E-state index is 12.2. The maximum absolute atomic E-state index is 12.2. The second kappa shape index (κ2) is 7.44. The van der Waals surface area contributed by atoms with E-state index in [1.807, 2.05) is 37.4 Å². The minimum atomic E-state index is -0.109. The zero-order chi connectivity index (χ0) is 16.9. The Morgan fingerprint density at radius 3 is 2.79 bits per heavy atom. The van der Waals surface area contributed by atoms with Crippen LogP contribution in [-0.4, -0.2) is 32.4 Å². The zero-order valence-corrected chi connectivity index (χ0v) is 14.9. The monoisotopic (exact) mass is 387 g/mol. The van der Waals surface area contributed by atoms with E-state index in [0.717, 1.165) is 28.7 Å². The van der Waals surface area contributed by atoms with Crippen LogP contribution in [0.15, 0.2) is 47.3 Å². The van der Waals surface area contributed by atoms with Crippen LogP contribution in [0, 0.1) is 6.92 Å². The van der Waals surface area contributed by atoms with Crippen LogP contribution in [0.4, 0.5) is 0 Å². The molecule has 0 saturated heterocycles. The standard InChI is InChI=1S/C17H18BrN5O/c1-12-13(9-20-22-12)3-2-8-19-17(24)14-10-21-23(11-14)16-6-4-15(18)5-7-16/h4-7,9-11H,2-3,8H2,1H3,(H,19,24)(H,20,22). The summed E-state index contributed by atoms with van der Waals surface area (Å²) in [6.45, 7) is 2.62. The van der Waals surface area contributed by atoms with E-state index in [4.69, 9.17) is 0 Å². The van der Waals surface area contributed by atoms with Crippen molar-refractivity contribution in [2.24, 2.45) is 0 Å². The van der Waals surface area contributed by atoms with Gasteiger partial charge in [0.2, 0.25) is 0 Å². The molecule has 0 aliphatic rings. The number of halogens is 1. The number of amides is 1. The van der Waals surface area contributed by atoms with Gasteiger partial charge in [-0.05, 0) is 49.6 Å². The van der Waals surface area contributed by atoms with E-state index in [-0.39, 0.29) is 5.91 Å². The number of aromatic amines is 1. The second-order valence-electron chi connectivity index (χ2n) is 5.53. The first kappa shape index (κ1) is 16.4. The highest BCUT2D eigenvalue weighted by molar-refractivity contribution is 9.10. The van der Waals surface area contributed by atoms with Gasteiger partial charge < -0.3 is 5.32 Å². The minimum Gasteiger partial charge on any atom is -0.352 e. The van der Waals surface area contributed by atoms with Gasteiger partial charge in [0.1, 0.15) is 0 Å². The van der Waals surface area contributed by atoms with Crippen molar-refractivity contribution >= 4 is 21.8 Å². The van der Waals surface area contributed by atoms with Crippen molar-refractivity contribution in [3.63, 3.8) is 0 Å². The third-order valence-electron chi connectivity index (χ3n) is 3.78. The summed E-state index contributed by atoms with van der Waals surface area (Å²) in [5, 5.41) is 14.1. The number of carbonyl (C=O) groups excluding carboxylic acids is 1. The molecule has 24 heavy (non-hydrogen) atoms. The molecule has 2 aromatic heterocycles. The number of hydrogen-bond donors (Lipinski definition) is 2. The van der Waals surface area contributed by atoms with E-state index in [9.17, 15) is 4.79 Å². The summed E-state index contributed by atoms with van der Waals surface area (Å²) in [7, 11) is 0. The molecule has 7 heteroatoms. The second-order valence-corrected chi connectivity index (χ2v) is 6.45. The van der Waals surface area contributed by atoms with Gasteiger partial charge in [-0.25, -0.2) is 4.68 Å². The van der Waals surface area contributed by atoms with E-state index in [0.29, 0.717) is 12.1 Å². The number of nitrogens with one attached hydrogen (secondary N) is 2. The fourth-order valence-corrected chi connectivity index (χ4v) is 2.65. The van der Waals surface area contributed by atoms with Gasteiger partial charge in [-0.15, -0.1) is 0 Å². The molecule has 3 rings (SSSR count). The lowest BCUT2D eigenvalue weighted by Crippen LogP contribution is -2.24. The first-order valence-electron chi connectivity index (χ1n) is 7.71. The van der Waals surface area contributed by atoms with Crippen molar-refractivity contribution in [3.05, 3.63) is 64.1 Å². The van der Waals surface area contributed by atoms with Crippen LogP contribution in [0.25, 0.3) is 5.69 Å². The molecule has 0 saturated carbocycles. The Morgan fingerprint density at radius 2 is 2.08 bits per heavy atom. The molecule has 0 fully saturated rings. The lowest BCUT2D eigenvalue weighted by Gasteiger charge is -2.03. The normalized spacial score (nSPS) is 10.8. The highest BCUT2D eigenvalue weighted by atomic mass is 79.9. The molecule has 0 aliphatic heterocycles. The molecule has 0 bridgehead atoms. The minimum absolute atomic E-state index is 0.109. The van der Waals surface area contributed by atoms with Crippen LogP contribution in [0.5, 0.6) is 0 Å². The average molecular weight is 388 g/mol. The first-order valence-corrected chi connectivity index (χ1v) is 8.50. The van der Waals surface area contributed by atoms with E-state index in [2.05, 4.69) is 36.5 Å². The van der Waals surface area contributed by atoms with E-state index >= 15 is 0 Å². The summed E-state index contributed by atoms with van der Waals surface area (Å²) in [6.07, 6.45) is 6.91. The molecule has 6 nitrogen and oxygen atoms in total. The average Bonchev–Trinajstić information content (AvgIpc) is 3.22. The van der Waals surface area contributed by atoms with Crippen LogP contribution < -0.4 is 5.32 Å². The summed E-state index contributed by atoms with van der Waals surface area (Å²) in [5.41, 5.74) is 3.73. The Morgan fingerprint density at radius 1 is 1.29 bits per heavy atom. The smallest absolute Gasteiger partial charge is 0.254 e. The molecule has 0 aliphatic carbocycles. The Hall–Kier alpha value is -2.41. The molecule has 0 unspecified atom stereocenters. The molecular weight excluding hydrogens is 370 g/mol. The third-order valence-corrected chi connectivity index (χ3v) is 4.31. The Labute approximate surface area is 148 Å². The molecule has 2 heterocycles. The molecule has 0 atom stereocenters. The van der Waals surface area contributed by atoms with Crippen LogP contribution in [0.1, 0.15) is 28.0 Å². The highest BCUT2D eigenvalue weighted by Gasteiger charge is 2.09. The van der Waals surface area contributed by atoms with Crippen molar-refractivity contribution in [3.8, 4) is 5.69 Å². The molecule has 1 aromatic carbocycles. The zero-order valence-electron chi connectivity index (χ0n) is 13.3. The number of hydrogen-bond acceptors (Lipinski definition) is 3. The number of benzene rings is 1. The lowest BCUT2D eigenvalue weighted by molar-refractivity contribution is 0.0953. The number of carbonyl (C=O) groups is 1. The van der Waals surface area contributed by atoms with E-state index in [1.165, 1.54) is 5.56 Å². The molecule has 3 aromatic rings. The Balaban J connectivity index is 1.52. The highest BCUT2D eigenvalue weighted by Crippen LogP contribution is 2.14. The van der Waals surface area contributed by atoms with Crippen LogP contribution in [0.2, 0.25) is 0 Å². The van der Waals surface area contributed by atoms with E-state index < -0.39 is 0 Å². The lowest BCUT2D eigenvalue weighted by atomic mass is 10.1. The summed E-state index contributed by atoms with van der Waals surface area (Å²) >= 11 is 3.40. The predicted molar refractivity (Wildman–Crippen MR) is 95.2 cm³/mol. The summed E-state index contributed by atoms with van der Waals surface area (Å²) < 4.78 is 2.69. The van der Waals surface area contributed by atoms with Crippen molar-refractivity contribution in [1.82, 2.24) is 25.3 Å². The van der Waals surface area contributed by atoms with Crippen LogP contribution >= 0.6 is 15.9 Å². The first-order chi connectivity index (χ1) is 11.6. The van der Waals surface area contributed by atoms with Crippen LogP contribution in [-0.2, 0) is 6.42 Å². The SMILES string of the molecule is Cc1[nH]ncc1CCCNC(=O)c1cnn(-c2ccc(Br)cc2)c1. The van der Waals surface area contributed by atoms with Gasteiger partial charge in [-0.2, -0.15) is 10.2 Å². The Bertz CT molecular complexity index is 822. The number of aromatic nitrogens is 4. The van der Waals surface area contributed by atoms with Crippen LogP contribution in [0.3, 0.4) is 0 Å². The summed E-state index contributed by atoms with van der Waals surface area (Å²) in [6, 6.07) is 7.75. The number of rotatable bonds is 6. The summed E-state index contributed by atoms with van der Waals surface area (Å²) in [4.78, 5) is 12.2. The maximum Gasteiger partial charge on any atom is 0.254 e. The number of aryl methyl sites for hydroxylation is 2. The quantitative estimate of drug-likeness (QED) is 0.638. The van der Waals surface area contributed by atoms with Crippen molar-refractivity contribution in [2.75, 3.05) is 6.54 Å². The summed E-state index contributed by atoms with van der Waals surface area (Å²) in [5.74, 6) is -0.109. The van der Waals surface area contributed by atoms with E-state index in [1.54, 1.807) is 17.1 Å². The molecule has 124 valence electrons. The van der Waals surface area contributed by atoms with Gasteiger partial charge >= 0.3 is 0 Å². The largest absolute Gasteiger partial charge is 0.352 e. The van der Waals surface area contributed by atoms with Gasteiger partial charge in [-0.1, -0.05) is 15.9 Å². The molecule has 0 radical (unpaired) electrons. The van der Waals surface area contributed by atoms with Crippen molar-refractivity contribution in [2.45, 2.75) is 19.8 Å². The number of H-pyrrole nitrogens is 1. The van der Waals surface area contributed by atoms with Gasteiger partial charge in [0, 0.05) is 22.9 Å². The topological polar surface area (TPSA) is 75.6 Å². The van der Waals surface area contributed by atoms with Gasteiger partial charge in [0.05, 0.1) is 23.6 Å². The van der Waals surface area contributed by atoms with Crippen molar-refractivity contribution in [1.29, 1.82) is 0 Å². The molecule has 1 amide bonds.